The molecule has 3 N–H and O–H groups in total. The summed E-state index contributed by atoms with van der Waals surface area (Å²) in [4.78, 5) is 17.0. The number of para-hydroxylation sites is 1. The maximum Gasteiger partial charge on any atom is 0.251 e. The summed E-state index contributed by atoms with van der Waals surface area (Å²) in [7, 11) is 0. The maximum absolute atomic E-state index is 12.1. The summed E-state index contributed by atoms with van der Waals surface area (Å²) >= 11 is 6.13. The number of phenols is 1. The molecule has 2 aromatic heterocycles. The Hall–Kier alpha value is -3.64. The van der Waals surface area contributed by atoms with E-state index >= 15 is 0 Å². The molecule has 0 aliphatic carbocycles. The molecule has 1 amide bonds. The van der Waals surface area contributed by atoms with Crippen molar-refractivity contribution in [3.8, 4) is 16.9 Å². The molecule has 0 atom stereocenters. The van der Waals surface area contributed by atoms with Crippen LogP contribution in [0.2, 0.25) is 5.02 Å². The summed E-state index contributed by atoms with van der Waals surface area (Å²) in [5.74, 6) is -0.553. The van der Waals surface area contributed by atoms with Crippen LogP contribution in [0.1, 0.15) is 21.5 Å². The lowest BCUT2D eigenvalue weighted by atomic mass is 9.96. The number of carbonyl (C=O) groups is 1. The molecule has 0 radical (unpaired) electrons. The molecular weight excluding hydrogens is 376 g/mol. The molecule has 1 aliphatic rings. The Labute approximate surface area is 164 Å². The highest BCUT2D eigenvalue weighted by Crippen LogP contribution is 2.41. The molecule has 0 saturated carbocycles. The van der Waals surface area contributed by atoms with Gasteiger partial charge in [-0.2, -0.15) is 5.10 Å². The van der Waals surface area contributed by atoms with E-state index in [-0.39, 0.29) is 10.8 Å². The highest BCUT2D eigenvalue weighted by molar-refractivity contribution is 6.33. The third-order valence-electron chi connectivity index (χ3n) is 4.83. The van der Waals surface area contributed by atoms with E-state index in [1.807, 2.05) is 36.5 Å². The summed E-state index contributed by atoms with van der Waals surface area (Å²) in [5, 5.41) is 14.4. The minimum atomic E-state index is -0.553. The van der Waals surface area contributed by atoms with Gasteiger partial charge >= 0.3 is 0 Å². The van der Waals surface area contributed by atoms with E-state index < -0.39 is 5.91 Å². The highest BCUT2D eigenvalue weighted by Gasteiger charge is 2.25. The van der Waals surface area contributed by atoms with Crippen LogP contribution in [0.15, 0.2) is 65.9 Å². The monoisotopic (exact) mass is 388 g/mol. The first-order valence-corrected chi connectivity index (χ1v) is 8.90. The third kappa shape index (κ3) is 2.32. The Morgan fingerprint density at radius 2 is 1.93 bits per heavy atom. The van der Waals surface area contributed by atoms with Gasteiger partial charge in [-0.15, -0.1) is 0 Å². The predicted molar refractivity (Wildman–Crippen MR) is 108 cm³/mol. The van der Waals surface area contributed by atoms with Crippen LogP contribution in [0.4, 0.5) is 5.69 Å². The topological polar surface area (TPSA) is 93.0 Å². The molecule has 7 heteroatoms. The lowest BCUT2D eigenvalue weighted by molar-refractivity contribution is 0.100. The molecule has 0 spiro atoms. The summed E-state index contributed by atoms with van der Waals surface area (Å²) in [5.41, 5.74) is 11.1. The number of nitrogens with two attached hydrogens (primary N) is 1. The van der Waals surface area contributed by atoms with Gasteiger partial charge in [0.1, 0.15) is 5.75 Å². The van der Waals surface area contributed by atoms with Gasteiger partial charge in [-0.25, -0.2) is 9.51 Å². The highest BCUT2D eigenvalue weighted by atomic mass is 35.5. The lowest BCUT2D eigenvalue weighted by Crippen LogP contribution is -2.14. The van der Waals surface area contributed by atoms with E-state index in [1.165, 1.54) is 12.3 Å². The molecule has 4 aromatic rings. The minimum Gasteiger partial charge on any atom is -0.506 e. The zero-order valence-electron chi connectivity index (χ0n) is 14.4. The predicted octanol–water partition coefficient (Wildman–Crippen LogP) is 3.94. The number of fused-ring (bicyclic) bond motifs is 2. The van der Waals surface area contributed by atoms with Gasteiger partial charge in [0.25, 0.3) is 5.91 Å². The van der Waals surface area contributed by atoms with Crippen LogP contribution in [0.5, 0.6) is 5.75 Å². The van der Waals surface area contributed by atoms with Crippen molar-refractivity contribution in [2.75, 3.05) is 0 Å². The van der Waals surface area contributed by atoms with Gasteiger partial charge in [-0.05, 0) is 30.3 Å². The summed E-state index contributed by atoms with van der Waals surface area (Å²) in [6, 6.07) is 14.4. The first kappa shape index (κ1) is 16.5. The number of aromatic nitrogens is 2. The van der Waals surface area contributed by atoms with Crippen LogP contribution in [-0.2, 0) is 0 Å². The quantitative estimate of drug-likeness (QED) is 0.479. The summed E-state index contributed by atoms with van der Waals surface area (Å²) in [6.45, 7) is 0. The Morgan fingerprint density at radius 1 is 1.11 bits per heavy atom. The van der Waals surface area contributed by atoms with Crippen molar-refractivity contribution < 1.29 is 9.90 Å². The van der Waals surface area contributed by atoms with Gasteiger partial charge in [0, 0.05) is 28.5 Å². The molecule has 0 unspecified atom stereocenters. The number of halogens is 1. The van der Waals surface area contributed by atoms with E-state index in [2.05, 4.69) is 5.10 Å². The number of hydrogen-bond acceptors (Lipinski definition) is 4. The normalized spacial score (nSPS) is 12.4. The van der Waals surface area contributed by atoms with E-state index in [0.29, 0.717) is 22.5 Å². The molecule has 0 saturated heterocycles. The number of phenolic OH excluding ortho intramolecular Hbond substituents is 1. The van der Waals surface area contributed by atoms with Crippen molar-refractivity contribution in [1.29, 1.82) is 0 Å². The van der Waals surface area contributed by atoms with Crippen molar-refractivity contribution in [2.24, 2.45) is 10.7 Å². The third-order valence-corrected chi connectivity index (χ3v) is 5.13. The van der Waals surface area contributed by atoms with Crippen LogP contribution in [0.3, 0.4) is 0 Å². The largest absolute Gasteiger partial charge is 0.506 e. The molecule has 1 aliphatic heterocycles. The number of hydrogen-bond donors (Lipinski definition) is 2. The van der Waals surface area contributed by atoms with Gasteiger partial charge in [0.05, 0.1) is 33.7 Å². The molecule has 3 heterocycles. The average molecular weight is 389 g/mol. The summed E-state index contributed by atoms with van der Waals surface area (Å²) < 4.78 is 1.71. The smallest absolute Gasteiger partial charge is 0.251 e. The number of nitrogens with zero attached hydrogens (tertiary/aromatic N) is 3. The zero-order valence-corrected chi connectivity index (χ0v) is 15.2. The first-order chi connectivity index (χ1) is 13.5. The molecule has 0 bridgehead atoms. The first-order valence-electron chi connectivity index (χ1n) is 8.52. The van der Waals surface area contributed by atoms with E-state index in [0.717, 1.165) is 22.2 Å². The van der Waals surface area contributed by atoms with Gasteiger partial charge in [0.2, 0.25) is 0 Å². The van der Waals surface area contributed by atoms with Crippen molar-refractivity contribution in [2.45, 2.75) is 0 Å². The Balaban J connectivity index is 1.93. The fourth-order valence-electron chi connectivity index (χ4n) is 3.57. The van der Waals surface area contributed by atoms with E-state index in [1.54, 1.807) is 16.6 Å². The number of benzene rings is 2. The fourth-order valence-corrected chi connectivity index (χ4v) is 3.75. The fraction of sp³-hybridized carbons (Fsp3) is 0. The Kier molecular flexibility index (Phi) is 3.50. The second-order valence-electron chi connectivity index (χ2n) is 6.46. The zero-order chi connectivity index (χ0) is 19.4. The van der Waals surface area contributed by atoms with Crippen LogP contribution < -0.4 is 5.73 Å². The Bertz CT molecular complexity index is 1320. The average Bonchev–Trinajstić information content (AvgIpc) is 3.05. The minimum absolute atomic E-state index is 0.000137. The number of rotatable bonds is 2. The number of carbonyl (C=O) groups excluding carboxylic acids is 1. The van der Waals surface area contributed by atoms with Crippen molar-refractivity contribution in [3.63, 3.8) is 0 Å². The molecule has 136 valence electrons. The van der Waals surface area contributed by atoms with Crippen molar-refractivity contribution in [1.82, 2.24) is 9.61 Å². The van der Waals surface area contributed by atoms with Gasteiger partial charge < -0.3 is 10.8 Å². The van der Waals surface area contributed by atoms with Crippen LogP contribution in [0.25, 0.3) is 16.6 Å². The number of amides is 1. The van der Waals surface area contributed by atoms with E-state index in [9.17, 15) is 9.90 Å². The standard InChI is InChI=1S/C21H13ClN4O2/c22-15-9-11(5-6-17(15)27)19-13-7-8-26-20(13)18(14(10-24-26)21(23)28)12-3-1-2-4-16(12)25-19/h1-10,27H,(H2,23,28). The van der Waals surface area contributed by atoms with Gasteiger partial charge in [0.15, 0.2) is 0 Å². The van der Waals surface area contributed by atoms with Crippen LogP contribution >= 0.6 is 11.6 Å². The van der Waals surface area contributed by atoms with Crippen LogP contribution in [0, 0.1) is 0 Å². The van der Waals surface area contributed by atoms with Crippen molar-refractivity contribution in [3.05, 3.63) is 82.6 Å². The molecule has 0 fully saturated rings. The molecule has 28 heavy (non-hydrogen) atoms. The second kappa shape index (κ2) is 5.94. The number of primary amides is 1. The molecule has 2 aromatic carbocycles. The molecule has 6 nitrogen and oxygen atoms in total. The maximum atomic E-state index is 12.1. The van der Waals surface area contributed by atoms with Crippen molar-refractivity contribution >= 4 is 34.4 Å². The number of aliphatic imine (C=N–C) groups is 1. The number of aromatic hydroxyl groups is 1. The summed E-state index contributed by atoms with van der Waals surface area (Å²) in [6.07, 6.45) is 3.29. The van der Waals surface area contributed by atoms with Gasteiger partial charge in [-0.1, -0.05) is 29.8 Å². The van der Waals surface area contributed by atoms with E-state index in [4.69, 9.17) is 22.3 Å². The SMILES string of the molecule is NC(=O)c1cnn2ccc3c2c1-c1ccccc1N=C3c1ccc(O)c(Cl)c1. The Morgan fingerprint density at radius 3 is 2.71 bits per heavy atom. The lowest BCUT2D eigenvalue weighted by Gasteiger charge is -2.10. The molecule has 5 rings (SSSR count). The molecular formula is C21H13ClN4O2. The van der Waals surface area contributed by atoms with Gasteiger partial charge in [-0.3, -0.25) is 4.79 Å². The van der Waals surface area contributed by atoms with Crippen LogP contribution in [-0.4, -0.2) is 26.3 Å². The second-order valence-corrected chi connectivity index (χ2v) is 6.87.